The third-order valence-electron chi connectivity index (χ3n) is 3.03. The zero-order chi connectivity index (χ0) is 13.1. The van der Waals surface area contributed by atoms with Gasteiger partial charge in [-0.2, -0.15) is 0 Å². The van der Waals surface area contributed by atoms with Gasteiger partial charge in [0.15, 0.2) is 5.82 Å². The molecule has 0 unspecified atom stereocenters. The van der Waals surface area contributed by atoms with Gasteiger partial charge in [-0.3, -0.25) is 0 Å². The molecule has 2 rings (SSSR count). The number of nitrogens with zero attached hydrogens (tertiary/aromatic N) is 2. The van der Waals surface area contributed by atoms with Crippen molar-refractivity contribution in [1.29, 1.82) is 0 Å². The lowest BCUT2D eigenvalue weighted by atomic mass is 10.1. The molecular formula is C13H19N5. The number of para-hydroxylation sites is 1. The minimum Gasteiger partial charge on any atom is -0.383 e. The van der Waals surface area contributed by atoms with Crippen molar-refractivity contribution in [2.24, 2.45) is 5.73 Å². The molecule has 0 fully saturated rings. The van der Waals surface area contributed by atoms with Gasteiger partial charge in [0.2, 0.25) is 0 Å². The van der Waals surface area contributed by atoms with Gasteiger partial charge in [0.25, 0.3) is 0 Å². The summed E-state index contributed by atoms with van der Waals surface area (Å²) in [6.45, 7) is 2.64. The van der Waals surface area contributed by atoms with Crippen molar-refractivity contribution in [1.82, 2.24) is 9.78 Å². The van der Waals surface area contributed by atoms with E-state index in [4.69, 9.17) is 17.2 Å². The highest BCUT2D eigenvalue weighted by atomic mass is 15.3. The van der Waals surface area contributed by atoms with Crippen molar-refractivity contribution in [3.05, 3.63) is 35.4 Å². The van der Waals surface area contributed by atoms with Crippen LogP contribution in [0.1, 0.15) is 17.5 Å². The van der Waals surface area contributed by atoms with Crippen molar-refractivity contribution in [2.75, 3.05) is 18.0 Å². The van der Waals surface area contributed by atoms with Gasteiger partial charge in [-0.05, 0) is 37.9 Å². The molecule has 2 aromatic rings. The Morgan fingerprint density at radius 2 is 1.94 bits per heavy atom. The molecule has 0 amide bonds. The van der Waals surface area contributed by atoms with Crippen LogP contribution in [-0.4, -0.2) is 16.3 Å². The summed E-state index contributed by atoms with van der Waals surface area (Å²) in [5.41, 5.74) is 20.5. The number of hydrogen-bond donors (Lipinski definition) is 3. The quantitative estimate of drug-likeness (QED) is 0.755. The zero-order valence-corrected chi connectivity index (χ0v) is 10.6. The van der Waals surface area contributed by atoms with Crippen molar-refractivity contribution in [3.63, 3.8) is 0 Å². The summed E-state index contributed by atoms with van der Waals surface area (Å²) in [5, 5.41) is 4.32. The van der Waals surface area contributed by atoms with E-state index in [1.54, 1.807) is 4.68 Å². The number of anilines is 2. The van der Waals surface area contributed by atoms with Crippen molar-refractivity contribution < 1.29 is 0 Å². The Kier molecular flexibility index (Phi) is 3.53. The minimum atomic E-state index is 0.490. The largest absolute Gasteiger partial charge is 0.383 e. The molecule has 0 aliphatic carbocycles. The molecule has 0 saturated heterocycles. The van der Waals surface area contributed by atoms with Crippen LogP contribution in [0.3, 0.4) is 0 Å². The lowest BCUT2D eigenvalue weighted by Crippen LogP contribution is -2.06. The number of nitrogens with two attached hydrogens (primary N) is 3. The minimum absolute atomic E-state index is 0.490. The van der Waals surface area contributed by atoms with Crippen LogP contribution in [0.4, 0.5) is 11.6 Å². The van der Waals surface area contributed by atoms with Crippen LogP contribution in [0.2, 0.25) is 0 Å². The van der Waals surface area contributed by atoms with E-state index in [9.17, 15) is 0 Å². The SMILES string of the molecule is Cc1ccccc1-n1nc(N)c(CCCN)c1N. The Labute approximate surface area is 107 Å². The molecule has 0 saturated carbocycles. The van der Waals surface area contributed by atoms with Gasteiger partial charge in [0.05, 0.1) is 5.69 Å². The molecule has 18 heavy (non-hydrogen) atoms. The molecule has 0 radical (unpaired) electrons. The van der Waals surface area contributed by atoms with Crippen LogP contribution in [0.15, 0.2) is 24.3 Å². The van der Waals surface area contributed by atoms with Gasteiger partial charge in [-0.1, -0.05) is 18.2 Å². The third kappa shape index (κ3) is 2.17. The first-order chi connectivity index (χ1) is 8.65. The van der Waals surface area contributed by atoms with Gasteiger partial charge >= 0.3 is 0 Å². The summed E-state index contributed by atoms with van der Waals surface area (Å²) >= 11 is 0. The maximum Gasteiger partial charge on any atom is 0.151 e. The summed E-state index contributed by atoms with van der Waals surface area (Å²) in [6, 6.07) is 7.94. The molecule has 1 aromatic carbocycles. The fraction of sp³-hybridized carbons (Fsp3) is 0.308. The standard InChI is InChI=1S/C13H19N5/c1-9-5-2-3-7-11(9)18-13(16)10(6-4-8-14)12(15)17-18/h2-3,5,7H,4,6,8,14,16H2,1H3,(H2,15,17). The third-order valence-corrected chi connectivity index (χ3v) is 3.03. The number of aromatic nitrogens is 2. The molecule has 5 heteroatoms. The van der Waals surface area contributed by atoms with Gasteiger partial charge in [0.1, 0.15) is 5.82 Å². The molecule has 0 spiro atoms. The smallest absolute Gasteiger partial charge is 0.151 e. The number of nitrogen functional groups attached to an aromatic ring is 2. The molecule has 96 valence electrons. The van der Waals surface area contributed by atoms with E-state index in [2.05, 4.69) is 5.10 Å². The predicted molar refractivity (Wildman–Crippen MR) is 74.5 cm³/mol. The molecular weight excluding hydrogens is 226 g/mol. The Balaban J connectivity index is 2.44. The monoisotopic (exact) mass is 245 g/mol. The molecule has 0 aliphatic rings. The van der Waals surface area contributed by atoms with Gasteiger partial charge in [-0.15, -0.1) is 5.10 Å². The fourth-order valence-corrected chi connectivity index (χ4v) is 2.00. The second-order valence-corrected chi connectivity index (χ2v) is 4.34. The van der Waals surface area contributed by atoms with Crippen LogP contribution in [0.25, 0.3) is 5.69 Å². The second kappa shape index (κ2) is 5.10. The van der Waals surface area contributed by atoms with E-state index in [1.807, 2.05) is 31.2 Å². The average Bonchev–Trinajstić information content (AvgIpc) is 2.63. The molecule has 1 heterocycles. The number of aryl methyl sites for hydroxylation is 1. The number of hydrogen-bond acceptors (Lipinski definition) is 4. The number of benzene rings is 1. The van der Waals surface area contributed by atoms with Gasteiger partial charge < -0.3 is 17.2 Å². The summed E-state index contributed by atoms with van der Waals surface area (Å²) < 4.78 is 1.70. The van der Waals surface area contributed by atoms with Crippen LogP contribution in [0, 0.1) is 6.92 Å². The molecule has 5 nitrogen and oxygen atoms in total. The Morgan fingerprint density at radius 1 is 1.22 bits per heavy atom. The first kappa shape index (κ1) is 12.4. The first-order valence-electron chi connectivity index (χ1n) is 6.04. The van der Waals surface area contributed by atoms with Crippen LogP contribution >= 0.6 is 0 Å². The lowest BCUT2D eigenvalue weighted by Gasteiger charge is -2.07. The van der Waals surface area contributed by atoms with E-state index >= 15 is 0 Å². The summed E-state index contributed by atoms with van der Waals surface area (Å²) in [4.78, 5) is 0. The highest BCUT2D eigenvalue weighted by molar-refractivity contribution is 5.59. The summed E-state index contributed by atoms with van der Waals surface area (Å²) in [5.74, 6) is 1.10. The average molecular weight is 245 g/mol. The van der Waals surface area contributed by atoms with Crippen molar-refractivity contribution >= 4 is 11.6 Å². The van der Waals surface area contributed by atoms with Gasteiger partial charge in [-0.25, -0.2) is 4.68 Å². The van der Waals surface area contributed by atoms with E-state index in [0.29, 0.717) is 18.2 Å². The van der Waals surface area contributed by atoms with Gasteiger partial charge in [0, 0.05) is 5.56 Å². The predicted octanol–water partition coefficient (Wildman–Crippen LogP) is 1.24. The Hall–Kier alpha value is -2.01. The molecule has 1 aromatic heterocycles. The highest BCUT2D eigenvalue weighted by Crippen LogP contribution is 2.25. The zero-order valence-electron chi connectivity index (χ0n) is 10.6. The van der Waals surface area contributed by atoms with Crippen LogP contribution in [0.5, 0.6) is 0 Å². The Bertz CT molecular complexity index is 544. The lowest BCUT2D eigenvalue weighted by molar-refractivity contribution is 0.834. The van der Waals surface area contributed by atoms with Crippen molar-refractivity contribution in [2.45, 2.75) is 19.8 Å². The number of rotatable bonds is 4. The van der Waals surface area contributed by atoms with E-state index in [1.165, 1.54) is 0 Å². The maximum absolute atomic E-state index is 6.13. The van der Waals surface area contributed by atoms with Crippen LogP contribution in [-0.2, 0) is 6.42 Å². The Morgan fingerprint density at radius 3 is 2.61 bits per heavy atom. The molecule has 0 aliphatic heterocycles. The van der Waals surface area contributed by atoms with E-state index in [0.717, 1.165) is 29.7 Å². The maximum atomic E-state index is 6.13. The van der Waals surface area contributed by atoms with Crippen molar-refractivity contribution in [3.8, 4) is 5.69 Å². The fourth-order valence-electron chi connectivity index (χ4n) is 2.00. The second-order valence-electron chi connectivity index (χ2n) is 4.34. The highest BCUT2D eigenvalue weighted by Gasteiger charge is 2.14. The summed E-state index contributed by atoms with van der Waals surface area (Å²) in [6.07, 6.45) is 1.62. The van der Waals surface area contributed by atoms with E-state index in [-0.39, 0.29) is 0 Å². The van der Waals surface area contributed by atoms with E-state index < -0.39 is 0 Å². The topological polar surface area (TPSA) is 95.9 Å². The first-order valence-corrected chi connectivity index (χ1v) is 6.04. The summed E-state index contributed by atoms with van der Waals surface area (Å²) in [7, 11) is 0. The molecule has 0 atom stereocenters. The van der Waals surface area contributed by atoms with Crippen LogP contribution < -0.4 is 17.2 Å². The molecule has 0 bridgehead atoms. The normalized spacial score (nSPS) is 10.8. The molecule has 6 N–H and O–H groups in total.